The molecule has 0 radical (unpaired) electrons. The zero-order valence-corrected chi connectivity index (χ0v) is 14.7. The topological polar surface area (TPSA) is 70.7 Å². The number of hydrogen-bond acceptors (Lipinski definition) is 3. The molecule has 0 aliphatic heterocycles. The standard InChI is InChI=1S/C18H27N3O3/c1-4-24-18(23)21(3)15-11-9-14(10-12-15)19-17(22)20-16-8-6-5-7-13(16)2/h9-13,16H,4-8H2,1-3H3,(H2,19,20,22). The molecule has 1 aromatic rings. The Labute approximate surface area is 143 Å². The Morgan fingerprint density at radius 3 is 2.50 bits per heavy atom. The van der Waals surface area contributed by atoms with Gasteiger partial charge in [0.15, 0.2) is 0 Å². The minimum atomic E-state index is -0.401. The smallest absolute Gasteiger partial charge is 0.413 e. The molecular formula is C18H27N3O3. The number of nitrogens with zero attached hydrogens (tertiary/aromatic N) is 1. The van der Waals surface area contributed by atoms with Crippen LogP contribution in [-0.2, 0) is 4.74 Å². The van der Waals surface area contributed by atoms with Crippen molar-refractivity contribution in [1.29, 1.82) is 0 Å². The van der Waals surface area contributed by atoms with Crippen molar-refractivity contribution >= 4 is 23.5 Å². The van der Waals surface area contributed by atoms with Crippen LogP contribution in [0.15, 0.2) is 24.3 Å². The average molecular weight is 333 g/mol. The molecule has 2 atom stereocenters. The second kappa shape index (κ2) is 8.57. The van der Waals surface area contributed by atoms with Gasteiger partial charge in [-0.25, -0.2) is 9.59 Å². The van der Waals surface area contributed by atoms with Gasteiger partial charge in [0, 0.05) is 24.5 Å². The lowest BCUT2D eigenvalue weighted by Gasteiger charge is -2.29. The maximum atomic E-state index is 12.1. The maximum absolute atomic E-state index is 12.1. The van der Waals surface area contributed by atoms with Crippen molar-refractivity contribution in [2.24, 2.45) is 5.92 Å². The van der Waals surface area contributed by atoms with Gasteiger partial charge in [-0.3, -0.25) is 4.90 Å². The molecule has 6 nitrogen and oxygen atoms in total. The first kappa shape index (κ1) is 18.1. The molecule has 0 bridgehead atoms. The van der Waals surface area contributed by atoms with E-state index in [0.717, 1.165) is 6.42 Å². The van der Waals surface area contributed by atoms with Crippen LogP contribution in [0.4, 0.5) is 21.0 Å². The van der Waals surface area contributed by atoms with Gasteiger partial charge in [0.2, 0.25) is 0 Å². The van der Waals surface area contributed by atoms with Crippen molar-refractivity contribution in [2.45, 2.75) is 45.6 Å². The van der Waals surface area contributed by atoms with Crippen LogP contribution in [0.3, 0.4) is 0 Å². The van der Waals surface area contributed by atoms with E-state index in [1.54, 1.807) is 38.2 Å². The number of urea groups is 1. The summed E-state index contributed by atoms with van der Waals surface area (Å²) in [5.74, 6) is 0.519. The predicted molar refractivity (Wildman–Crippen MR) is 95.4 cm³/mol. The highest BCUT2D eigenvalue weighted by molar-refractivity contribution is 5.91. The molecule has 1 saturated carbocycles. The van der Waals surface area contributed by atoms with Crippen molar-refractivity contribution in [1.82, 2.24) is 5.32 Å². The summed E-state index contributed by atoms with van der Waals surface area (Å²) in [7, 11) is 1.65. The lowest BCUT2D eigenvalue weighted by molar-refractivity contribution is 0.161. The number of benzene rings is 1. The molecule has 24 heavy (non-hydrogen) atoms. The fraction of sp³-hybridized carbons (Fsp3) is 0.556. The van der Waals surface area contributed by atoms with E-state index in [9.17, 15) is 9.59 Å². The molecule has 1 aromatic carbocycles. The Bertz CT molecular complexity index is 559. The van der Waals surface area contributed by atoms with Crippen molar-refractivity contribution in [3.8, 4) is 0 Å². The number of carbonyl (C=O) groups excluding carboxylic acids is 2. The SMILES string of the molecule is CCOC(=O)N(C)c1ccc(NC(=O)NC2CCCCC2C)cc1. The third-order valence-electron chi connectivity index (χ3n) is 4.48. The molecule has 2 rings (SSSR count). The first-order valence-electron chi connectivity index (χ1n) is 8.59. The molecule has 6 heteroatoms. The largest absolute Gasteiger partial charge is 0.449 e. The highest BCUT2D eigenvalue weighted by atomic mass is 16.6. The summed E-state index contributed by atoms with van der Waals surface area (Å²) in [6, 6.07) is 7.16. The van der Waals surface area contributed by atoms with Gasteiger partial charge < -0.3 is 15.4 Å². The molecular weight excluding hydrogens is 306 g/mol. The normalized spacial score (nSPS) is 20.1. The summed E-state index contributed by atoms with van der Waals surface area (Å²) in [4.78, 5) is 25.2. The summed E-state index contributed by atoms with van der Waals surface area (Å²) < 4.78 is 4.95. The van der Waals surface area contributed by atoms with Gasteiger partial charge in [0.25, 0.3) is 0 Å². The minimum absolute atomic E-state index is 0.180. The van der Waals surface area contributed by atoms with E-state index in [2.05, 4.69) is 17.6 Å². The van der Waals surface area contributed by atoms with E-state index in [1.165, 1.54) is 24.2 Å². The molecule has 1 aliphatic rings. The molecule has 132 valence electrons. The fourth-order valence-electron chi connectivity index (χ4n) is 2.96. The highest BCUT2D eigenvalue weighted by Crippen LogP contribution is 2.24. The maximum Gasteiger partial charge on any atom is 0.413 e. The molecule has 2 unspecified atom stereocenters. The van der Waals surface area contributed by atoms with Gasteiger partial charge in [-0.1, -0.05) is 19.8 Å². The van der Waals surface area contributed by atoms with Gasteiger partial charge in [-0.2, -0.15) is 0 Å². The monoisotopic (exact) mass is 333 g/mol. The zero-order chi connectivity index (χ0) is 17.5. The van der Waals surface area contributed by atoms with Crippen molar-refractivity contribution < 1.29 is 14.3 Å². The van der Waals surface area contributed by atoms with Crippen LogP contribution in [0.25, 0.3) is 0 Å². The Morgan fingerprint density at radius 2 is 1.88 bits per heavy atom. The molecule has 0 aromatic heterocycles. The highest BCUT2D eigenvalue weighted by Gasteiger charge is 2.22. The summed E-state index contributed by atoms with van der Waals surface area (Å²) in [6.45, 7) is 4.29. The summed E-state index contributed by atoms with van der Waals surface area (Å²) in [5, 5.41) is 5.90. The van der Waals surface area contributed by atoms with E-state index in [0.29, 0.717) is 23.9 Å². The minimum Gasteiger partial charge on any atom is -0.449 e. The zero-order valence-electron chi connectivity index (χ0n) is 14.7. The lowest BCUT2D eigenvalue weighted by Crippen LogP contribution is -2.43. The fourth-order valence-corrected chi connectivity index (χ4v) is 2.96. The van der Waals surface area contributed by atoms with Gasteiger partial charge in [0.05, 0.1) is 6.61 Å². The molecule has 1 aliphatic carbocycles. The number of rotatable bonds is 4. The molecule has 2 N–H and O–H groups in total. The van der Waals surface area contributed by atoms with Gasteiger partial charge in [0.1, 0.15) is 0 Å². The quantitative estimate of drug-likeness (QED) is 0.875. The molecule has 3 amide bonds. The number of carbonyl (C=O) groups is 2. The second-order valence-corrected chi connectivity index (χ2v) is 6.27. The van der Waals surface area contributed by atoms with E-state index >= 15 is 0 Å². The first-order valence-corrected chi connectivity index (χ1v) is 8.59. The summed E-state index contributed by atoms with van der Waals surface area (Å²) in [5.41, 5.74) is 1.40. The third-order valence-corrected chi connectivity index (χ3v) is 4.48. The Balaban J connectivity index is 1.88. The Kier molecular flexibility index (Phi) is 6.46. The van der Waals surface area contributed by atoms with Crippen LogP contribution in [0.1, 0.15) is 39.5 Å². The number of anilines is 2. The van der Waals surface area contributed by atoms with Crippen LogP contribution in [0, 0.1) is 5.92 Å². The second-order valence-electron chi connectivity index (χ2n) is 6.27. The molecule has 0 heterocycles. The van der Waals surface area contributed by atoms with Gasteiger partial charge in [-0.05, 0) is 49.9 Å². The summed E-state index contributed by atoms with van der Waals surface area (Å²) >= 11 is 0. The van der Waals surface area contributed by atoms with E-state index < -0.39 is 6.09 Å². The van der Waals surface area contributed by atoms with Crippen LogP contribution < -0.4 is 15.5 Å². The van der Waals surface area contributed by atoms with Crippen LogP contribution in [-0.4, -0.2) is 31.8 Å². The van der Waals surface area contributed by atoms with Gasteiger partial charge >= 0.3 is 12.1 Å². The number of nitrogens with one attached hydrogen (secondary N) is 2. The van der Waals surface area contributed by atoms with E-state index in [4.69, 9.17) is 4.74 Å². The number of hydrogen-bond donors (Lipinski definition) is 2. The summed E-state index contributed by atoms with van der Waals surface area (Å²) in [6.07, 6.45) is 4.22. The molecule has 1 fully saturated rings. The Hall–Kier alpha value is -2.24. The Morgan fingerprint density at radius 1 is 1.21 bits per heavy atom. The molecule has 0 spiro atoms. The van der Waals surface area contributed by atoms with Crippen LogP contribution >= 0.6 is 0 Å². The van der Waals surface area contributed by atoms with Crippen molar-refractivity contribution in [3.63, 3.8) is 0 Å². The van der Waals surface area contributed by atoms with Crippen LogP contribution in [0.5, 0.6) is 0 Å². The van der Waals surface area contributed by atoms with E-state index in [1.807, 2.05) is 0 Å². The van der Waals surface area contributed by atoms with E-state index in [-0.39, 0.29) is 12.1 Å². The lowest BCUT2D eigenvalue weighted by atomic mass is 9.86. The van der Waals surface area contributed by atoms with Crippen LogP contribution in [0.2, 0.25) is 0 Å². The predicted octanol–water partition coefficient (Wildman–Crippen LogP) is 3.98. The number of amides is 3. The first-order chi connectivity index (χ1) is 11.5. The third kappa shape index (κ3) is 4.88. The van der Waals surface area contributed by atoms with Crippen molar-refractivity contribution in [3.05, 3.63) is 24.3 Å². The van der Waals surface area contributed by atoms with Gasteiger partial charge in [-0.15, -0.1) is 0 Å². The number of ether oxygens (including phenoxy) is 1. The van der Waals surface area contributed by atoms with Crippen molar-refractivity contribution in [2.75, 3.05) is 23.9 Å². The molecule has 0 saturated heterocycles. The average Bonchev–Trinajstić information content (AvgIpc) is 2.57.